The number of aromatic nitrogens is 2. The van der Waals surface area contributed by atoms with Crippen molar-refractivity contribution in [2.75, 3.05) is 19.8 Å². The maximum atomic E-state index is 11.8. The Morgan fingerprint density at radius 1 is 1.53 bits per heavy atom. The van der Waals surface area contributed by atoms with E-state index in [-0.39, 0.29) is 5.91 Å². The van der Waals surface area contributed by atoms with Crippen molar-refractivity contribution in [1.29, 1.82) is 0 Å². The van der Waals surface area contributed by atoms with Crippen molar-refractivity contribution in [3.8, 4) is 0 Å². The second kappa shape index (κ2) is 7.84. The van der Waals surface area contributed by atoms with E-state index in [2.05, 4.69) is 17.3 Å². The average Bonchev–Trinajstić information content (AvgIpc) is 2.77. The minimum absolute atomic E-state index is 0.0625. The molecule has 1 aromatic heterocycles. The Morgan fingerprint density at radius 3 is 3.06 bits per heavy atom. The number of nitrogens with one attached hydrogen (secondary N) is 1. The Hall–Kier alpha value is -1.36. The Balaban J connectivity index is 2.33. The molecular formula is C12H21N3O2. The number of amides is 1. The van der Waals surface area contributed by atoms with Crippen LogP contribution in [0.3, 0.4) is 0 Å². The molecule has 1 amide bonds. The van der Waals surface area contributed by atoms with E-state index in [4.69, 9.17) is 4.74 Å². The summed E-state index contributed by atoms with van der Waals surface area (Å²) in [6.07, 6.45) is 3.46. The van der Waals surface area contributed by atoms with E-state index in [1.54, 1.807) is 16.9 Å². The number of carbonyl (C=O) groups excluding carboxylic acids is 1. The van der Waals surface area contributed by atoms with E-state index in [1.165, 1.54) is 0 Å². The molecule has 0 unspecified atom stereocenters. The Kier molecular flexibility index (Phi) is 6.32. The molecule has 1 rings (SSSR count). The van der Waals surface area contributed by atoms with E-state index < -0.39 is 0 Å². The van der Waals surface area contributed by atoms with Crippen LogP contribution >= 0.6 is 0 Å². The van der Waals surface area contributed by atoms with E-state index in [0.717, 1.165) is 26.0 Å². The van der Waals surface area contributed by atoms with E-state index in [0.29, 0.717) is 18.8 Å². The number of hydrogen-bond acceptors (Lipinski definition) is 3. The summed E-state index contributed by atoms with van der Waals surface area (Å²) < 4.78 is 6.93. The van der Waals surface area contributed by atoms with Gasteiger partial charge in [-0.25, -0.2) is 0 Å². The number of nitrogens with zero attached hydrogens (tertiary/aromatic N) is 2. The minimum atomic E-state index is -0.0625. The second-order valence-electron chi connectivity index (χ2n) is 3.75. The number of aryl methyl sites for hydroxylation is 1. The zero-order chi connectivity index (χ0) is 12.5. The van der Waals surface area contributed by atoms with Gasteiger partial charge in [-0.05, 0) is 25.8 Å². The number of rotatable bonds is 8. The summed E-state index contributed by atoms with van der Waals surface area (Å²) in [5.41, 5.74) is 0.628. The number of ether oxygens (including phenoxy) is 1. The van der Waals surface area contributed by atoms with Gasteiger partial charge in [0.1, 0.15) is 5.69 Å². The summed E-state index contributed by atoms with van der Waals surface area (Å²) in [5, 5.41) is 6.98. The molecule has 0 aliphatic carbocycles. The maximum absolute atomic E-state index is 11.8. The Bertz CT molecular complexity index is 336. The molecule has 0 aliphatic rings. The summed E-state index contributed by atoms with van der Waals surface area (Å²) in [6.45, 7) is 6.83. The fourth-order valence-electron chi connectivity index (χ4n) is 1.53. The highest BCUT2D eigenvalue weighted by molar-refractivity contribution is 5.92. The van der Waals surface area contributed by atoms with Crippen LogP contribution in [-0.2, 0) is 11.3 Å². The first-order chi connectivity index (χ1) is 8.29. The number of hydrogen-bond donors (Lipinski definition) is 1. The smallest absolute Gasteiger partial charge is 0.269 e. The lowest BCUT2D eigenvalue weighted by Crippen LogP contribution is -2.27. The molecule has 1 heterocycles. The van der Waals surface area contributed by atoms with Crippen LogP contribution in [-0.4, -0.2) is 35.4 Å². The van der Waals surface area contributed by atoms with Crippen LogP contribution in [0, 0.1) is 0 Å². The molecule has 1 aromatic rings. The molecule has 17 heavy (non-hydrogen) atoms. The molecule has 0 atom stereocenters. The average molecular weight is 239 g/mol. The van der Waals surface area contributed by atoms with Gasteiger partial charge in [-0.3, -0.25) is 9.48 Å². The molecule has 0 fully saturated rings. The van der Waals surface area contributed by atoms with Gasteiger partial charge in [-0.1, -0.05) is 6.92 Å². The molecule has 0 radical (unpaired) electrons. The lowest BCUT2D eigenvalue weighted by Gasteiger charge is -2.07. The van der Waals surface area contributed by atoms with Crippen LogP contribution in [0.15, 0.2) is 12.3 Å². The third kappa shape index (κ3) is 4.56. The van der Waals surface area contributed by atoms with Gasteiger partial charge in [0.05, 0.1) is 0 Å². The molecule has 0 spiro atoms. The summed E-state index contributed by atoms with van der Waals surface area (Å²) in [6, 6.07) is 1.74. The highest BCUT2D eigenvalue weighted by Gasteiger charge is 2.10. The van der Waals surface area contributed by atoms with Crippen LogP contribution in [0.25, 0.3) is 0 Å². The third-order valence-electron chi connectivity index (χ3n) is 2.34. The number of carbonyl (C=O) groups is 1. The van der Waals surface area contributed by atoms with Crippen LogP contribution < -0.4 is 5.32 Å². The molecule has 96 valence electrons. The topological polar surface area (TPSA) is 56.2 Å². The van der Waals surface area contributed by atoms with E-state index in [9.17, 15) is 4.79 Å². The van der Waals surface area contributed by atoms with Crippen molar-refractivity contribution in [2.24, 2.45) is 0 Å². The van der Waals surface area contributed by atoms with Crippen LogP contribution in [0.4, 0.5) is 0 Å². The molecule has 0 aliphatic heterocycles. The maximum Gasteiger partial charge on any atom is 0.269 e. The van der Waals surface area contributed by atoms with Gasteiger partial charge in [0.2, 0.25) is 0 Å². The van der Waals surface area contributed by atoms with Crippen LogP contribution in [0.1, 0.15) is 37.2 Å². The quantitative estimate of drug-likeness (QED) is 0.699. The Labute approximate surface area is 102 Å². The second-order valence-corrected chi connectivity index (χ2v) is 3.75. The van der Waals surface area contributed by atoms with Crippen molar-refractivity contribution < 1.29 is 9.53 Å². The van der Waals surface area contributed by atoms with Crippen molar-refractivity contribution >= 4 is 5.91 Å². The van der Waals surface area contributed by atoms with Crippen LogP contribution in [0.2, 0.25) is 0 Å². The monoisotopic (exact) mass is 239 g/mol. The highest BCUT2D eigenvalue weighted by atomic mass is 16.5. The van der Waals surface area contributed by atoms with Gasteiger partial charge in [-0.15, -0.1) is 0 Å². The molecular weight excluding hydrogens is 218 g/mol. The molecule has 0 bridgehead atoms. The normalized spacial score (nSPS) is 10.5. The summed E-state index contributed by atoms with van der Waals surface area (Å²) in [4.78, 5) is 11.8. The van der Waals surface area contributed by atoms with Crippen molar-refractivity contribution in [1.82, 2.24) is 15.1 Å². The zero-order valence-electron chi connectivity index (χ0n) is 10.6. The van der Waals surface area contributed by atoms with E-state index >= 15 is 0 Å². The van der Waals surface area contributed by atoms with E-state index in [1.807, 2.05) is 6.92 Å². The summed E-state index contributed by atoms with van der Waals surface area (Å²) >= 11 is 0. The minimum Gasteiger partial charge on any atom is -0.382 e. The van der Waals surface area contributed by atoms with Crippen molar-refractivity contribution in [3.63, 3.8) is 0 Å². The van der Waals surface area contributed by atoms with Gasteiger partial charge in [0, 0.05) is 32.5 Å². The molecule has 0 saturated heterocycles. The van der Waals surface area contributed by atoms with Gasteiger partial charge < -0.3 is 10.1 Å². The largest absolute Gasteiger partial charge is 0.382 e. The molecule has 1 N–H and O–H groups in total. The Morgan fingerprint density at radius 2 is 2.35 bits per heavy atom. The summed E-state index contributed by atoms with van der Waals surface area (Å²) in [7, 11) is 0. The predicted octanol–water partition coefficient (Wildman–Crippen LogP) is 1.45. The zero-order valence-corrected chi connectivity index (χ0v) is 10.6. The molecule has 0 saturated carbocycles. The molecule has 0 aromatic carbocycles. The van der Waals surface area contributed by atoms with Crippen LogP contribution in [0.5, 0.6) is 0 Å². The lowest BCUT2D eigenvalue weighted by molar-refractivity contribution is 0.0933. The third-order valence-corrected chi connectivity index (χ3v) is 2.34. The van der Waals surface area contributed by atoms with Gasteiger partial charge in [0.25, 0.3) is 5.91 Å². The van der Waals surface area contributed by atoms with Crippen molar-refractivity contribution in [3.05, 3.63) is 18.0 Å². The standard InChI is InChI=1S/C12H21N3O2/c1-3-9-15-11(6-8-14-15)12(16)13-7-5-10-17-4-2/h6,8H,3-5,7,9-10H2,1-2H3,(H,13,16). The highest BCUT2D eigenvalue weighted by Crippen LogP contribution is 2.00. The lowest BCUT2D eigenvalue weighted by atomic mass is 10.3. The molecule has 5 heteroatoms. The fourth-order valence-corrected chi connectivity index (χ4v) is 1.53. The van der Waals surface area contributed by atoms with Gasteiger partial charge in [-0.2, -0.15) is 5.10 Å². The summed E-state index contributed by atoms with van der Waals surface area (Å²) in [5.74, 6) is -0.0625. The SMILES string of the molecule is CCCn1nccc1C(=O)NCCCOCC. The van der Waals surface area contributed by atoms with Crippen molar-refractivity contribution in [2.45, 2.75) is 33.2 Å². The van der Waals surface area contributed by atoms with Gasteiger partial charge in [0.15, 0.2) is 0 Å². The molecule has 5 nitrogen and oxygen atoms in total. The first kappa shape index (κ1) is 13.7. The van der Waals surface area contributed by atoms with Gasteiger partial charge >= 0.3 is 0 Å². The predicted molar refractivity (Wildman–Crippen MR) is 66.0 cm³/mol. The first-order valence-corrected chi connectivity index (χ1v) is 6.17. The fraction of sp³-hybridized carbons (Fsp3) is 0.667. The first-order valence-electron chi connectivity index (χ1n) is 6.17.